The third-order valence-electron chi connectivity index (χ3n) is 14.7. The maximum Gasteiger partial charge on any atom is 0.306 e. The molecule has 0 radical (unpaired) electrons. The second kappa shape index (κ2) is 61.4. The average molecular weight is 1010 g/mol. The van der Waals surface area contributed by atoms with Gasteiger partial charge in [0.05, 0.1) is 0 Å². The van der Waals surface area contributed by atoms with E-state index >= 15 is 0 Å². The number of esters is 3. The van der Waals surface area contributed by atoms with E-state index in [1.807, 2.05) is 0 Å². The highest BCUT2D eigenvalue weighted by molar-refractivity contribution is 5.71. The van der Waals surface area contributed by atoms with Crippen molar-refractivity contribution >= 4 is 17.9 Å². The largest absolute Gasteiger partial charge is 0.462 e. The van der Waals surface area contributed by atoms with Crippen molar-refractivity contribution in [2.75, 3.05) is 13.2 Å². The molecule has 72 heavy (non-hydrogen) atoms. The molecule has 0 heterocycles. The van der Waals surface area contributed by atoms with Gasteiger partial charge in [0, 0.05) is 19.3 Å². The summed E-state index contributed by atoms with van der Waals surface area (Å²) in [6, 6.07) is 0. The Morgan fingerprint density at radius 1 is 0.278 bits per heavy atom. The minimum Gasteiger partial charge on any atom is -0.462 e. The van der Waals surface area contributed by atoms with E-state index in [1.54, 1.807) is 0 Å². The quantitative estimate of drug-likeness (QED) is 0.0261. The molecule has 6 heteroatoms. The molecule has 0 amide bonds. The van der Waals surface area contributed by atoms with Gasteiger partial charge in [0.15, 0.2) is 6.10 Å². The summed E-state index contributed by atoms with van der Waals surface area (Å²) in [6.45, 7) is 6.69. The molecule has 1 atom stereocenters. The van der Waals surface area contributed by atoms with Gasteiger partial charge in [-0.15, -0.1) is 0 Å². The first-order valence-electron chi connectivity index (χ1n) is 32.3. The second-order valence-electron chi connectivity index (χ2n) is 22.0. The van der Waals surface area contributed by atoms with Crippen LogP contribution in [0.25, 0.3) is 0 Å². The normalized spacial score (nSPS) is 12.1. The zero-order valence-electron chi connectivity index (χ0n) is 48.7. The first-order chi connectivity index (χ1) is 35.5. The highest BCUT2D eigenvalue weighted by Crippen LogP contribution is 2.18. The Kier molecular flexibility index (Phi) is 59.6. The molecule has 0 saturated heterocycles. The number of hydrogen-bond acceptors (Lipinski definition) is 6. The predicted octanol–water partition coefficient (Wildman–Crippen LogP) is 21.8. The first kappa shape index (κ1) is 69.9. The smallest absolute Gasteiger partial charge is 0.306 e. The van der Waals surface area contributed by atoms with Crippen LogP contribution in [0.15, 0.2) is 24.3 Å². The van der Waals surface area contributed by atoms with E-state index in [2.05, 4.69) is 45.1 Å². The van der Waals surface area contributed by atoms with Crippen molar-refractivity contribution in [2.45, 2.75) is 367 Å². The number of ether oxygens (including phenoxy) is 3. The summed E-state index contributed by atoms with van der Waals surface area (Å²) in [4.78, 5) is 38.3. The molecule has 0 bridgehead atoms. The molecule has 424 valence electrons. The fourth-order valence-electron chi connectivity index (χ4n) is 9.83. The van der Waals surface area contributed by atoms with Gasteiger partial charge in [0.1, 0.15) is 13.2 Å². The summed E-state index contributed by atoms with van der Waals surface area (Å²) in [5.74, 6) is -0.840. The third-order valence-corrected chi connectivity index (χ3v) is 14.7. The molecule has 0 aliphatic heterocycles. The predicted molar refractivity (Wildman–Crippen MR) is 312 cm³/mol. The van der Waals surface area contributed by atoms with Crippen molar-refractivity contribution < 1.29 is 28.6 Å². The standard InChI is InChI=1S/C66H124O6/c1-4-7-10-13-16-19-22-25-28-31-33-36-38-41-44-47-50-53-56-59-65(68)71-62-63(61-70-64(67)58-55-52-49-46-43-40-37-34-30-27-24-21-18-15-12-9-6-3)72-66(69)60-57-54-51-48-45-42-39-35-32-29-26-23-20-17-14-11-8-5-2/h16,19,25,28,63H,4-15,17-18,20-24,26-27,29-62H2,1-3H3/b19-16+,28-25+/t63-/m1/s1. The summed E-state index contributed by atoms with van der Waals surface area (Å²) in [6.07, 6.45) is 73.2. The topological polar surface area (TPSA) is 78.9 Å². The van der Waals surface area contributed by atoms with Gasteiger partial charge in [-0.3, -0.25) is 14.4 Å². The maximum absolute atomic E-state index is 12.9. The van der Waals surface area contributed by atoms with Crippen LogP contribution in [0.1, 0.15) is 361 Å². The van der Waals surface area contributed by atoms with Crippen LogP contribution >= 0.6 is 0 Å². The van der Waals surface area contributed by atoms with Crippen molar-refractivity contribution in [1.82, 2.24) is 0 Å². The van der Waals surface area contributed by atoms with Crippen LogP contribution in [0.4, 0.5) is 0 Å². The Morgan fingerprint density at radius 2 is 0.500 bits per heavy atom. The SMILES string of the molecule is CCCCC/C=C/C/C=C/CCCCCCCCCCCC(=O)OC[C@@H](COC(=O)CCCCCCCCCCCCCCCCCCC)OC(=O)CCCCCCCCCCCCCCCCCCCC. The van der Waals surface area contributed by atoms with Crippen molar-refractivity contribution in [2.24, 2.45) is 0 Å². The Hall–Kier alpha value is -2.11. The van der Waals surface area contributed by atoms with Gasteiger partial charge in [-0.25, -0.2) is 0 Å². The first-order valence-corrected chi connectivity index (χ1v) is 32.3. The second-order valence-corrected chi connectivity index (χ2v) is 22.0. The molecule has 0 spiro atoms. The summed E-state index contributed by atoms with van der Waals surface area (Å²) < 4.78 is 17.0. The molecular formula is C66H124O6. The van der Waals surface area contributed by atoms with Gasteiger partial charge in [0.2, 0.25) is 0 Å². The van der Waals surface area contributed by atoms with Gasteiger partial charge >= 0.3 is 17.9 Å². The number of unbranched alkanes of at least 4 members (excludes halogenated alkanes) is 45. The van der Waals surface area contributed by atoms with Gasteiger partial charge < -0.3 is 14.2 Å². The molecule has 0 rings (SSSR count). The number of allylic oxidation sites excluding steroid dienone is 4. The molecule has 0 aromatic carbocycles. The summed E-state index contributed by atoms with van der Waals surface area (Å²) >= 11 is 0. The van der Waals surface area contributed by atoms with E-state index in [9.17, 15) is 14.4 Å². The molecule has 0 aliphatic rings. The van der Waals surface area contributed by atoms with Crippen LogP contribution in [-0.2, 0) is 28.6 Å². The zero-order valence-corrected chi connectivity index (χ0v) is 48.7. The lowest BCUT2D eigenvalue weighted by Gasteiger charge is -2.18. The van der Waals surface area contributed by atoms with E-state index in [4.69, 9.17) is 14.2 Å². The minimum absolute atomic E-state index is 0.0660. The fourth-order valence-corrected chi connectivity index (χ4v) is 9.83. The number of hydrogen-bond donors (Lipinski definition) is 0. The molecule has 0 aromatic rings. The highest BCUT2D eigenvalue weighted by atomic mass is 16.6. The maximum atomic E-state index is 12.9. The van der Waals surface area contributed by atoms with E-state index in [0.29, 0.717) is 19.3 Å². The summed E-state index contributed by atoms with van der Waals surface area (Å²) in [5, 5.41) is 0. The van der Waals surface area contributed by atoms with Crippen molar-refractivity contribution in [3.8, 4) is 0 Å². The van der Waals surface area contributed by atoms with E-state index < -0.39 is 6.10 Å². The highest BCUT2D eigenvalue weighted by Gasteiger charge is 2.19. The van der Waals surface area contributed by atoms with E-state index in [0.717, 1.165) is 64.2 Å². The van der Waals surface area contributed by atoms with Crippen LogP contribution in [0.2, 0.25) is 0 Å². The van der Waals surface area contributed by atoms with Crippen molar-refractivity contribution in [1.29, 1.82) is 0 Å². The summed E-state index contributed by atoms with van der Waals surface area (Å²) in [7, 11) is 0. The number of carbonyl (C=O) groups is 3. The van der Waals surface area contributed by atoms with Crippen molar-refractivity contribution in [3.05, 3.63) is 24.3 Å². The monoisotopic (exact) mass is 1010 g/mol. The van der Waals surface area contributed by atoms with Gasteiger partial charge in [-0.05, 0) is 51.4 Å². The molecule has 0 unspecified atom stereocenters. The van der Waals surface area contributed by atoms with Crippen LogP contribution < -0.4 is 0 Å². The molecular weight excluding hydrogens is 889 g/mol. The van der Waals surface area contributed by atoms with Crippen molar-refractivity contribution in [3.63, 3.8) is 0 Å². The van der Waals surface area contributed by atoms with E-state index in [-0.39, 0.29) is 31.1 Å². The number of carbonyl (C=O) groups excluding carboxylic acids is 3. The van der Waals surface area contributed by atoms with Crippen LogP contribution in [-0.4, -0.2) is 37.2 Å². The van der Waals surface area contributed by atoms with Crippen LogP contribution in [0, 0.1) is 0 Å². The Bertz CT molecular complexity index is 1160. The van der Waals surface area contributed by atoms with E-state index in [1.165, 1.54) is 257 Å². The Labute approximate surface area is 449 Å². The van der Waals surface area contributed by atoms with Crippen LogP contribution in [0.5, 0.6) is 0 Å². The van der Waals surface area contributed by atoms with Crippen LogP contribution in [0.3, 0.4) is 0 Å². The average Bonchev–Trinajstić information content (AvgIpc) is 3.38. The van der Waals surface area contributed by atoms with Gasteiger partial charge in [0.25, 0.3) is 0 Å². The molecule has 0 aliphatic carbocycles. The summed E-state index contributed by atoms with van der Waals surface area (Å²) in [5.41, 5.74) is 0. The molecule has 0 saturated carbocycles. The van der Waals surface area contributed by atoms with Gasteiger partial charge in [-0.1, -0.05) is 315 Å². The fraction of sp³-hybridized carbons (Fsp3) is 0.894. The Morgan fingerprint density at radius 3 is 0.792 bits per heavy atom. The minimum atomic E-state index is -0.769. The zero-order chi connectivity index (χ0) is 52.2. The van der Waals surface area contributed by atoms with Gasteiger partial charge in [-0.2, -0.15) is 0 Å². The molecule has 6 nitrogen and oxygen atoms in total. The molecule has 0 N–H and O–H groups in total. The lowest BCUT2D eigenvalue weighted by Crippen LogP contribution is -2.30. The Balaban J connectivity index is 4.31. The lowest BCUT2D eigenvalue weighted by molar-refractivity contribution is -0.167. The molecule has 0 aromatic heterocycles. The number of rotatable bonds is 60. The molecule has 0 fully saturated rings. The lowest BCUT2D eigenvalue weighted by atomic mass is 10.0. The third kappa shape index (κ3) is 58.8.